The van der Waals surface area contributed by atoms with Gasteiger partial charge in [-0.25, -0.2) is 17.4 Å². The number of rotatable bonds is 5. The van der Waals surface area contributed by atoms with Crippen LogP contribution >= 0.6 is 11.6 Å². The van der Waals surface area contributed by atoms with Crippen LogP contribution < -0.4 is 5.32 Å². The summed E-state index contributed by atoms with van der Waals surface area (Å²) in [6, 6.07) is 16.6. The molecule has 10 heteroatoms. The molecule has 5 aromatic rings. The van der Waals surface area contributed by atoms with Gasteiger partial charge in [-0.3, -0.25) is 4.40 Å². The molecule has 6 rings (SSSR count). The quantitative estimate of drug-likeness (QED) is 0.339. The molecule has 0 spiro atoms. The van der Waals surface area contributed by atoms with Gasteiger partial charge in [0.15, 0.2) is 11.3 Å². The molecule has 3 heterocycles. The number of anilines is 1. The third kappa shape index (κ3) is 3.83. The van der Waals surface area contributed by atoms with Crippen molar-refractivity contribution in [2.75, 3.05) is 5.32 Å². The van der Waals surface area contributed by atoms with Gasteiger partial charge in [-0.05, 0) is 68.1 Å². The van der Waals surface area contributed by atoms with E-state index in [9.17, 15) is 8.42 Å². The van der Waals surface area contributed by atoms with Crippen molar-refractivity contribution in [3.63, 3.8) is 0 Å². The molecule has 1 aliphatic rings. The first-order valence-electron chi connectivity index (χ1n) is 11.9. The van der Waals surface area contributed by atoms with Gasteiger partial charge in [0.1, 0.15) is 5.82 Å². The van der Waals surface area contributed by atoms with E-state index in [-0.39, 0.29) is 16.9 Å². The standard InChI is InChI=1S/C26H25ClN6O2S/c1-16-3-9-21(10-4-16)36(34,35)32-12-11-23-26(32)28-15-24-30-31-25(33(23)24)22-14-20(13-17(22)2)29-19-7-5-18(27)6-8-19/h3-12,15,17,20,22,29H,13-14H2,1-2H3/t17-,20+,22+/m1/s1. The average molecular weight is 521 g/mol. The van der Waals surface area contributed by atoms with E-state index >= 15 is 0 Å². The van der Waals surface area contributed by atoms with Gasteiger partial charge >= 0.3 is 0 Å². The molecule has 0 amide bonds. The van der Waals surface area contributed by atoms with E-state index < -0.39 is 10.0 Å². The summed E-state index contributed by atoms with van der Waals surface area (Å²) < 4.78 is 30.0. The lowest BCUT2D eigenvalue weighted by Gasteiger charge is -2.15. The molecule has 36 heavy (non-hydrogen) atoms. The summed E-state index contributed by atoms with van der Waals surface area (Å²) in [7, 11) is -3.80. The van der Waals surface area contributed by atoms with Gasteiger partial charge in [-0.15, -0.1) is 10.2 Å². The minimum atomic E-state index is -3.80. The van der Waals surface area contributed by atoms with Gasteiger partial charge in [0, 0.05) is 28.9 Å². The largest absolute Gasteiger partial charge is 0.382 e. The Bertz CT molecular complexity index is 1680. The highest BCUT2D eigenvalue weighted by Crippen LogP contribution is 2.40. The number of aromatic nitrogens is 5. The highest BCUT2D eigenvalue weighted by atomic mass is 35.5. The molecule has 3 atom stereocenters. The molecule has 1 fully saturated rings. The molecule has 0 saturated heterocycles. The molecule has 1 N–H and O–H groups in total. The van der Waals surface area contributed by atoms with Crippen LogP contribution in [0.2, 0.25) is 5.02 Å². The fraction of sp³-hybridized carbons (Fsp3) is 0.269. The summed E-state index contributed by atoms with van der Waals surface area (Å²) in [6.45, 7) is 4.15. The Morgan fingerprint density at radius 2 is 1.75 bits per heavy atom. The lowest BCUT2D eigenvalue weighted by molar-refractivity contribution is 0.507. The highest BCUT2D eigenvalue weighted by molar-refractivity contribution is 7.90. The monoisotopic (exact) mass is 520 g/mol. The Kier molecular flexibility index (Phi) is 5.49. The van der Waals surface area contributed by atoms with Crippen molar-refractivity contribution in [1.29, 1.82) is 0 Å². The van der Waals surface area contributed by atoms with Crippen molar-refractivity contribution in [3.8, 4) is 0 Å². The van der Waals surface area contributed by atoms with Crippen molar-refractivity contribution in [2.24, 2.45) is 5.92 Å². The van der Waals surface area contributed by atoms with Crippen LogP contribution in [0, 0.1) is 12.8 Å². The van der Waals surface area contributed by atoms with Gasteiger partial charge < -0.3 is 5.32 Å². The van der Waals surface area contributed by atoms with Crippen molar-refractivity contribution in [1.82, 2.24) is 23.6 Å². The SMILES string of the molecule is Cc1ccc(S(=O)(=O)n2ccc3c2ncc2nnc([C@H]4C[C@@H](Nc5ccc(Cl)cc5)C[C@H]4C)n23)cc1. The number of hydrogen-bond donors (Lipinski definition) is 1. The minimum absolute atomic E-state index is 0.160. The fourth-order valence-electron chi connectivity index (χ4n) is 5.22. The maximum Gasteiger partial charge on any atom is 0.269 e. The van der Waals surface area contributed by atoms with Crippen molar-refractivity contribution in [3.05, 3.63) is 83.4 Å². The topological polar surface area (TPSA) is 94.2 Å². The molecule has 0 unspecified atom stereocenters. The van der Waals surface area contributed by atoms with E-state index in [1.165, 1.54) is 3.97 Å². The van der Waals surface area contributed by atoms with Gasteiger partial charge in [0.05, 0.1) is 16.6 Å². The normalized spacial score (nSPS) is 20.4. The Morgan fingerprint density at radius 1 is 1.00 bits per heavy atom. The van der Waals surface area contributed by atoms with Crippen LogP contribution in [0.25, 0.3) is 16.8 Å². The average Bonchev–Trinajstić information content (AvgIpc) is 3.57. The second-order valence-electron chi connectivity index (χ2n) is 9.55. The molecule has 1 aliphatic carbocycles. The number of benzene rings is 2. The second-order valence-corrected chi connectivity index (χ2v) is 11.8. The van der Waals surface area contributed by atoms with Gasteiger partial charge in [0.2, 0.25) is 0 Å². The van der Waals surface area contributed by atoms with E-state index in [1.807, 2.05) is 35.6 Å². The Hall–Kier alpha value is -3.43. The van der Waals surface area contributed by atoms with Crippen LogP contribution in [0.4, 0.5) is 5.69 Å². The first-order valence-corrected chi connectivity index (χ1v) is 13.7. The molecule has 0 aliphatic heterocycles. The summed E-state index contributed by atoms with van der Waals surface area (Å²) in [4.78, 5) is 4.67. The minimum Gasteiger partial charge on any atom is -0.382 e. The molecule has 3 aromatic heterocycles. The summed E-state index contributed by atoms with van der Waals surface area (Å²) in [5.41, 5.74) is 3.66. The molecular weight excluding hydrogens is 496 g/mol. The summed E-state index contributed by atoms with van der Waals surface area (Å²) >= 11 is 6.03. The smallest absolute Gasteiger partial charge is 0.269 e. The number of hydrogen-bond acceptors (Lipinski definition) is 6. The zero-order valence-corrected chi connectivity index (χ0v) is 21.4. The van der Waals surface area contributed by atoms with Crippen LogP contribution in [0.3, 0.4) is 0 Å². The molecule has 1 saturated carbocycles. The summed E-state index contributed by atoms with van der Waals surface area (Å²) in [5.74, 6) is 1.35. The Balaban J connectivity index is 1.37. The van der Waals surface area contributed by atoms with Crippen LogP contribution in [0.5, 0.6) is 0 Å². The Labute approximate surface area is 214 Å². The fourth-order valence-corrected chi connectivity index (χ4v) is 6.64. The number of nitrogens with one attached hydrogen (secondary N) is 1. The van der Waals surface area contributed by atoms with Crippen LogP contribution in [0.15, 0.2) is 71.9 Å². The predicted molar refractivity (Wildman–Crippen MR) is 140 cm³/mol. The zero-order chi connectivity index (χ0) is 25.0. The molecular formula is C26H25ClN6O2S. The van der Waals surface area contributed by atoms with Crippen molar-refractivity contribution >= 4 is 44.1 Å². The van der Waals surface area contributed by atoms with E-state index in [4.69, 9.17) is 11.6 Å². The number of nitrogens with zero attached hydrogens (tertiary/aromatic N) is 5. The molecule has 8 nitrogen and oxygen atoms in total. The number of fused-ring (bicyclic) bond motifs is 3. The lowest BCUT2D eigenvalue weighted by atomic mass is 9.97. The summed E-state index contributed by atoms with van der Waals surface area (Å²) in [6.07, 6.45) is 5.01. The first-order chi connectivity index (χ1) is 17.3. The van der Waals surface area contributed by atoms with E-state index in [0.717, 1.165) is 29.9 Å². The van der Waals surface area contributed by atoms with Gasteiger partial charge in [-0.1, -0.05) is 36.2 Å². The molecule has 0 bridgehead atoms. The van der Waals surface area contributed by atoms with E-state index in [2.05, 4.69) is 27.4 Å². The van der Waals surface area contributed by atoms with Crippen LogP contribution in [-0.4, -0.2) is 38.0 Å². The van der Waals surface area contributed by atoms with E-state index in [0.29, 0.717) is 27.8 Å². The maximum atomic E-state index is 13.4. The van der Waals surface area contributed by atoms with Crippen molar-refractivity contribution < 1.29 is 8.42 Å². The lowest BCUT2D eigenvalue weighted by Crippen LogP contribution is -2.15. The van der Waals surface area contributed by atoms with Crippen LogP contribution in [0.1, 0.15) is 37.1 Å². The third-order valence-corrected chi connectivity index (χ3v) is 9.00. The van der Waals surface area contributed by atoms with Gasteiger partial charge in [-0.2, -0.15) is 0 Å². The third-order valence-electron chi connectivity index (χ3n) is 7.07. The highest BCUT2D eigenvalue weighted by Gasteiger charge is 2.36. The molecule has 2 aromatic carbocycles. The van der Waals surface area contributed by atoms with E-state index in [1.54, 1.807) is 42.7 Å². The maximum absolute atomic E-state index is 13.4. The second kappa shape index (κ2) is 8.60. The first kappa shape index (κ1) is 23.0. The zero-order valence-electron chi connectivity index (χ0n) is 19.8. The number of halogens is 1. The summed E-state index contributed by atoms with van der Waals surface area (Å²) in [5, 5.41) is 13.2. The number of aryl methyl sites for hydroxylation is 1. The molecule has 184 valence electrons. The van der Waals surface area contributed by atoms with Crippen LogP contribution in [-0.2, 0) is 10.0 Å². The molecule has 0 radical (unpaired) electrons. The van der Waals surface area contributed by atoms with Gasteiger partial charge in [0.25, 0.3) is 10.0 Å². The Morgan fingerprint density at radius 3 is 2.50 bits per heavy atom. The predicted octanol–water partition coefficient (Wildman–Crippen LogP) is 5.27. The van der Waals surface area contributed by atoms with Crippen molar-refractivity contribution in [2.45, 2.75) is 43.5 Å².